The van der Waals surface area contributed by atoms with Crippen LogP contribution in [0.15, 0.2) is 4.99 Å². The summed E-state index contributed by atoms with van der Waals surface area (Å²) in [6.45, 7) is 1.92. The topological polar surface area (TPSA) is 24.4 Å². The van der Waals surface area contributed by atoms with Gasteiger partial charge in [0.1, 0.15) is 0 Å². The minimum Gasteiger partial charge on any atom is -0.377 e. The van der Waals surface area contributed by atoms with Crippen LogP contribution in [0.5, 0.6) is 0 Å². The van der Waals surface area contributed by atoms with Crippen LogP contribution in [0.1, 0.15) is 6.92 Å². The molecule has 7 heavy (non-hydrogen) atoms. The molecule has 0 aromatic carbocycles. The monoisotopic (exact) mass is 93.1 g/mol. The van der Waals surface area contributed by atoms with E-state index < -0.39 is 0 Å². The molecule has 0 aliphatic rings. The average Bonchev–Trinajstić information content (AvgIpc) is 1.65. The maximum atomic E-state index is 3.81. The second kappa shape index (κ2) is 6.07. The molecule has 0 bridgehead atoms. The van der Waals surface area contributed by atoms with Crippen molar-refractivity contribution in [3.8, 4) is 0 Å². The summed E-state index contributed by atoms with van der Waals surface area (Å²) in [5.74, 6) is 0.968. The third-order valence-corrected chi connectivity index (χ3v) is 0.697. The summed E-state index contributed by atoms with van der Waals surface area (Å²) >= 11 is 0. The van der Waals surface area contributed by atoms with Gasteiger partial charge in [-0.2, -0.15) is 0 Å². The molecule has 0 aliphatic carbocycles. The molecule has 0 rings (SSSR count). The number of rotatable bonds is 0. The van der Waals surface area contributed by atoms with Crippen molar-refractivity contribution in [3.05, 3.63) is 0 Å². The van der Waals surface area contributed by atoms with Gasteiger partial charge in [-0.05, 0) is 6.92 Å². The number of amidine groups is 1. The molecule has 0 unspecified atom stereocenters. The molecule has 0 heterocycles. The summed E-state index contributed by atoms with van der Waals surface area (Å²) in [5.41, 5.74) is 0. The van der Waals surface area contributed by atoms with E-state index in [2.05, 4.69) is 10.3 Å². The van der Waals surface area contributed by atoms with E-state index in [0.29, 0.717) is 0 Å². The molecule has 0 aromatic heterocycles. The number of aliphatic imine (C=N–C) groups is 1. The van der Waals surface area contributed by atoms with E-state index >= 15 is 0 Å². The molecule has 0 saturated heterocycles. The van der Waals surface area contributed by atoms with Gasteiger partial charge < -0.3 is 5.32 Å². The predicted molar refractivity (Wildman–Crippen MR) is 33.8 cm³/mol. The molecule has 2 nitrogen and oxygen atoms in total. The summed E-state index contributed by atoms with van der Waals surface area (Å²) in [7, 11) is 3.61. The maximum absolute atomic E-state index is 3.81. The van der Waals surface area contributed by atoms with Crippen LogP contribution in [0.2, 0.25) is 0 Å². The van der Waals surface area contributed by atoms with Crippen LogP contribution in [0.4, 0.5) is 0 Å². The first-order valence-corrected chi connectivity index (χ1v) is 1.92. The first-order chi connectivity index (χ1) is 2.81. The minimum atomic E-state index is 0. The van der Waals surface area contributed by atoms with E-state index in [9.17, 15) is 0 Å². The normalized spacial score (nSPS) is 9.86. The summed E-state index contributed by atoms with van der Waals surface area (Å²) in [4.78, 5) is 3.81. The molecule has 0 saturated carbocycles. The second-order valence-corrected chi connectivity index (χ2v) is 1.06. The summed E-state index contributed by atoms with van der Waals surface area (Å²) in [6.07, 6.45) is 0. The van der Waals surface area contributed by atoms with E-state index in [1.807, 2.05) is 14.0 Å². The number of nitrogens with one attached hydrogen (secondary N) is 1. The molecule has 37 valence electrons. The first-order valence-electron chi connectivity index (χ1n) is 1.92. The number of nitrogens with zero attached hydrogens (tertiary/aromatic N) is 1. The smallest absolute Gasteiger partial charge is 0.0925 e. The minimum absolute atomic E-state index is 0. The van der Waals surface area contributed by atoms with Gasteiger partial charge in [0, 0.05) is 33.0 Å². The van der Waals surface area contributed by atoms with Gasteiger partial charge in [0.25, 0.3) is 0 Å². The van der Waals surface area contributed by atoms with Crippen LogP contribution in [0.25, 0.3) is 0 Å². The van der Waals surface area contributed by atoms with Crippen molar-refractivity contribution in [1.82, 2.24) is 5.32 Å². The second-order valence-electron chi connectivity index (χ2n) is 1.06. The van der Waals surface area contributed by atoms with Crippen LogP contribution in [-0.2, 0) is 0 Å². The fourth-order valence-corrected chi connectivity index (χ4v) is 0.112. The van der Waals surface area contributed by atoms with E-state index in [-0.39, 0.29) is 18.9 Å². The SMILES string of the molecule is CN=C(C)NC.[Li]. The maximum Gasteiger partial charge on any atom is 0.0925 e. The molecule has 0 amide bonds. The van der Waals surface area contributed by atoms with Crippen molar-refractivity contribution < 1.29 is 0 Å². The quantitative estimate of drug-likeness (QED) is 0.252. The van der Waals surface area contributed by atoms with Crippen LogP contribution in [0.3, 0.4) is 0 Å². The number of hydrogen-bond acceptors (Lipinski definition) is 1. The standard InChI is InChI=1S/C4H10N2.Li/c1-4(5-2)6-3;/h1-3H3,(H,5,6);. The Balaban J connectivity index is 0. The average molecular weight is 93.1 g/mol. The Kier molecular flexibility index (Phi) is 8.78. The van der Waals surface area contributed by atoms with E-state index in [4.69, 9.17) is 0 Å². The first kappa shape index (κ1) is 10.1. The van der Waals surface area contributed by atoms with E-state index in [1.165, 1.54) is 0 Å². The van der Waals surface area contributed by atoms with Crippen LogP contribution >= 0.6 is 0 Å². The van der Waals surface area contributed by atoms with Gasteiger partial charge in [0.05, 0.1) is 5.84 Å². The van der Waals surface area contributed by atoms with Crippen molar-refractivity contribution >= 4 is 24.7 Å². The van der Waals surface area contributed by atoms with Gasteiger partial charge in [-0.3, -0.25) is 4.99 Å². The van der Waals surface area contributed by atoms with Crippen molar-refractivity contribution in [1.29, 1.82) is 0 Å². The van der Waals surface area contributed by atoms with Gasteiger partial charge in [0.15, 0.2) is 0 Å². The Morgan fingerprint density at radius 2 is 2.00 bits per heavy atom. The molecular formula is C4H10LiN2. The summed E-state index contributed by atoms with van der Waals surface area (Å²) in [5, 5.41) is 2.86. The molecule has 0 spiro atoms. The third-order valence-electron chi connectivity index (χ3n) is 0.697. The molecule has 0 atom stereocenters. The van der Waals surface area contributed by atoms with Gasteiger partial charge in [-0.1, -0.05) is 0 Å². The molecule has 0 aromatic rings. The Labute approximate surface area is 56.6 Å². The van der Waals surface area contributed by atoms with E-state index in [0.717, 1.165) is 5.84 Å². The third kappa shape index (κ3) is 6.07. The zero-order chi connectivity index (χ0) is 4.99. The molecule has 0 aliphatic heterocycles. The molecule has 1 N–H and O–H groups in total. The van der Waals surface area contributed by atoms with Gasteiger partial charge in [-0.25, -0.2) is 0 Å². The Morgan fingerprint density at radius 1 is 1.57 bits per heavy atom. The zero-order valence-corrected chi connectivity index (χ0v) is 5.45. The van der Waals surface area contributed by atoms with Crippen molar-refractivity contribution in [2.45, 2.75) is 6.92 Å². The van der Waals surface area contributed by atoms with E-state index in [1.54, 1.807) is 7.05 Å². The van der Waals surface area contributed by atoms with Crippen LogP contribution < -0.4 is 5.32 Å². The van der Waals surface area contributed by atoms with Crippen molar-refractivity contribution in [2.24, 2.45) is 4.99 Å². The molecule has 1 radical (unpaired) electrons. The zero-order valence-electron chi connectivity index (χ0n) is 5.45. The Morgan fingerprint density at radius 3 is 2.00 bits per heavy atom. The molecule has 3 heteroatoms. The van der Waals surface area contributed by atoms with Crippen molar-refractivity contribution in [3.63, 3.8) is 0 Å². The van der Waals surface area contributed by atoms with Gasteiger partial charge in [0.2, 0.25) is 0 Å². The van der Waals surface area contributed by atoms with Crippen LogP contribution in [0, 0.1) is 0 Å². The fraction of sp³-hybridized carbons (Fsp3) is 0.750. The molecule has 0 fully saturated rings. The fourth-order valence-electron chi connectivity index (χ4n) is 0.112. The van der Waals surface area contributed by atoms with Gasteiger partial charge in [-0.15, -0.1) is 0 Å². The van der Waals surface area contributed by atoms with Gasteiger partial charge >= 0.3 is 0 Å². The predicted octanol–water partition coefficient (Wildman–Crippen LogP) is -0.127. The Hall–Kier alpha value is 0.0674. The molecular weight excluding hydrogens is 83.0 g/mol. The summed E-state index contributed by atoms with van der Waals surface area (Å²) < 4.78 is 0. The number of hydrogen-bond donors (Lipinski definition) is 1. The summed E-state index contributed by atoms with van der Waals surface area (Å²) in [6, 6.07) is 0. The largest absolute Gasteiger partial charge is 0.377 e. The Bertz CT molecular complexity index is 60.7. The van der Waals surface area contributed by atoms with Crippen molar-refractivity contribution in [2.75, 3.05) is 14.1 Å². The van der Waals surface area contributed by atoms with Crippen LogP contribution in [-0.4, -0.2) is 38.8 Å².